The lowest BCUT2D eigenvalue weighted by Crippen LogP contribution is -2.11. The van der Waals surface area contributed by atoms with Gasteiger partial charge >= 0.3 is 0 Å². The number of aliphatic hydroxyl groups excluding tert-OH is 1. The fraction of sp³-hybridized carbons (Fsp3) is 0.400. The average molecular weight is 314 g/mol. The summed E-state index contributed by atoms with van der Waals surface area (Å²) in [5, 5.41) is 10.8. The fourth-order valence-electron chi connectivity index (χ4n) is 2.99. The molecule has 2 aromatic rings. The van der Waals surface area contributed by atoms with Gasteiger partial charge in [0.05, 0.1) is 13.2 Å². The molecule has 0 aliphatic heterocycles. The zero-order chi connectivity index (χ0) is 16.6. The third-order valence-corrected chi connectivity index (χ3v) is 4.98. The van der Waals surface area contributed by atoms with Crippen molar-refractivity contribution in [2.45, 2.75) is 39.2 Å². The molecule has 1 aliphatic carbocycles. The van der Waals surface area contributed by atoms with E-state index in [-0.39, 0.29) is 11.2 Å². The van der Waals surface area contributed by atoms with Crippen molar-refractivity contribution in [3.8, 4) is 16.9 Å². The number of hydrogen-bond acceptors (Lipinski definition) is 2. The molecular weight excluding hydrogens is 291 g/mol. The van der Waals surface area contributed by atoms with Crippen LogP contribution in [0, 0.1) is 11.2 Å². The second kappa shape index (κ2) is 5.97. The Bertz CT molecular complexity index is 720. The first-order valence-electron chi connectivity index (χ1n) is 8.13. The number of aryl methyl sites for hydroxylation is 1. The summed E-state index contributed by atoms with van der Waals surface area (Å²) in [6.07, 6.45) is 2.32. The predicted octanol–water partition coefficient (Wildman–Crippen LogP) is 4.90. The zero-order valence-electron chi connectivity index (χ0n) is 13.9. The van der Waals surface area contributed by atoms with Crippen LogP contribution in [0.5, 0.6) is 5.75 Å². The lowest BCUT2D eigenvalue weighted by atomic mass is 9.87. The van der Waals surface area contributed by atoms with Crippen LogP contribution < -0.4 is 4.74 Å². The van der Waals surface area contributed by atoms with E-state index in [0.717, 1.165) is 36.0 Å². The molecule has 0 saturated heterocycles. The molecule has 0 unspecified atom stereocenters. The zero-order valence-corrected chi connectivity index (χ0v) is 13.9. The third kappa shape index (κ3) is 2.98. The first-order valence-corrected chi connectivity index (χ1v) is 8.13. The lowest BCUT2D eigenvalue weighted by Gasteiger charge is -2.22. The number of benzene rings is 2. The molecule has 1 atom stereocenters. The number of hydrogen-bond donors (Lipinski definition) is 1. The molecule has 2 aromatic carbocycles. The van der Waals surface area contributed by atoms with Crippen LogP contribution in [0.1, 0.15) is 43.9 Å². The Hall–Kier alpha value is -1.87. The van der Waals surface area contributed by atoms with Crippen molar-refractivity contribution in [1.82, 2.24) is 0 Å². The largest absolute Gasteiger partial charge is 0.497 e. The molecule has 1 saturated carbocycles. The van der Waals surface area contributed by atoms with E-state index in [4.69, 9.17) is 4.74 Å². The van der Waals surface area contributed by atoms with Crippen molar-refractivity contribution in [2.75, 3.05) is 7.11 Å². The van der Waals surface area contributed by atoms with Gasteiger partial charge in [-0.05, 0) is 59.6 Å². The molecule has 2 nitrogen and oxygen atoms in total. The van der Waals surface area contributed by atoms with E-state index in [0.29, 0.717) is 11.3 Å². The van der Waals surface area contributed by atoms with Gasteiger partial charge < -0.3 is 9.84 Å². The number of methoxy groups -OCH3 is 1. The molecule has 0 spiro atoms. The SMILES string of the molecule is CCc1ccc(-c2cc(OC)ccc2F)c([C@H](O)C2(C)CC2)c1. The van der Waals surface area contributed by atoms with Crippen molar-refractivity contribution in [2.24, 2.45) is 5.41 Å². The van der Waals surface area contributed by atoms with Gasteiger partial charge in [-0.15, -0.1) is 0 Å². The van der Waals surface area contributed by atoms with E-state index in [1.807, 2.05) is 18.2 Å². The highest BCUT2D eigenvalue weighted by atomic mass is 19.1. The van der Waals surface area contributed by atoms with Crippen LogP contribution in [0.2, 0.25) is 0 Å². The van der Waals surface area contributed by atoms with Crippen molar-refractivity contribution >= 4 is 0 Å². The van der Waals surface area contributed by atoms with Crippen molar-refractivity contribution in [3.05, 3.63) is 53.3 Å². The van der Waals surface area contributed by atoms with Gasteiger partial charge in [-0.25, -0.2) is 4.39 Å². The van der Waals surface area contributed by atoms with Gasteiger partial charge in [-0.3, -0.25) is 0 Å². The van der Waals surface area contributed by atoms with Gasteiger partial charge in [-0.1, -0.05) is 32.0 Å². The summed E-state index contributed by atoms with van der Waals surface area (Å²) in [4.78, 5) is 0. The summed E-state index contributed by atoms with van der Waals surface area (Å²) in [6.45, 7) is 4.16. The van der Waals surface area contributed by atoms with Crippen LogP contribution in [0.15, 0.2) is 36.4 Å². The number of aliphatic hydroxyl groups is 1. The quantitative estimate of drug-likeness (QED) is 0.851. The molecular formula is C20H23FO2. The highest BCUT2D eigenvalue weighted by Crippen LogP contribution is 2.55. The molecule has 1 N–H and O–H groups in total. The molecule has 3 rings (SSSR count). The average Bonchev–Trinajstić information content (AvgIpc) is 3.33. The van der Waals surface area contributed by atoms with Gasteiger partial charge in [0.25, 0.3) is 0 Å². The summed E-state index contributed by atoms with van der Waals surface area (Å²) in [6, 6.07) is 10.7. The predicted molar refractivity (Wildman–Crippen MR) is 90.1 cm³/mol. The first kappa shape index (κ1) is 16.0. The molecule has 122 valence electrons. The van der Waals surface area contributed by atoms with Crippen molar-refractivity contribution in [3.63, 3.8) is 0 Å². The molecule has 1 fully saturated rings. The first-order chi connectivity index (χ1) is 11.0. The summed E-state index contributed by atoms with van der Waals surface area (Å²) < 4.78 is 19.6. The van der Waals surface area contributed by atoms with Gasteiger partial charge in [0.15, 0.2) is 0 Å². The second-order valence-electron chi connectivity index (χ2n) is 6.68. The summed E-state index contributed by atoms with van der Waals surface area (Å²) in [5.41, 5.74) is 3.10. The van der Waals surface area contributed by atoms with E-state index in [1.165, 1.54) is 6.07 Å². The monoisotopic (exact) mass is 314 g/mol. The lowest BCUT2D eigenvalue weighted by molar-refractivity contribution is 0.104. The van der Waals surface area contributed by atoms with E-state index in [9.17, 15) is 9.50 Å². The Morgan fingerprint density at radius 2 is 1.91 bits per heavy atom. The van der Waals surface area contributed by atoms with Crippen LogP contribution in [0.25, 0.3) is 11.1 Å². The van der Waals surface area contributed by atoms with Crippen LogP contribution in [-0.4, -0.2) is 12.2 Å². The van der Waals surface area contributed by atoms with E-state index in [2.05, 4.69) is 13.8 Å². The third-order valence-electron chi connectivity index (χ3n) is 4.98. The van der Waals surface area contributed by atoms with Crippen LogP contribution in [-0.2, 0) is 6.42 Å². The molecule has 0 amide bonds. The van der Waals surface area contributed by atoms with Gasteiger partial charge in [-0.2, -0.15) is 0 Å². The second-order valence-corrected chi connectivity index (χ2v) is 6.68. The van der Waals surface area contributed by atoms with Crippen LogP contribution in [0.4, 0.5) is 4.39 Å². The summed E-state index contributed by atoms with van der Waals surface area (Å²) in [7, 11) is 1.57. The molecule has 1 aliphatic rings. The Balaban J connectivity index is 2.15. The molecule has 0 heterocycles. The number of ether oxygens (including phenoxy) is 1. The minimum atomic E-state index is -0.574. The Kier molecular flexibility index (Phi) is 4.15. The van der Waals surface area contributed by atoms with Crippen LogP contribution in [0.3, 0.4) is 0 Å². The van der Waals surface area contributed by atoms with Gasteiger partial charge in [0.2, 0.25) is 0 Å². The normalized spacial score (nSPS) is 16.9. The van der Waals surface area contributed by atoms with Crippen molar-refractivity contribution in [1.29, 1.82) is 0 Å². The Morgan fingerprint density at radius 1 is 1.17 bits per heavy atom. The fourth-order valence-corrected chi connectivity index (χ4v) is 2.99. The Morgan fingerprint density at radius 3 is 2.52 bits per heavy atom. The molecule has 3 heteroatoms. The standard InChI is InChI=1S/C20H23FO2/c1-4-13-5-7-15(16-12-14(23-3)6-8-18(16)21)17(11-13)19(22)20(2)9-10-20/h5-8,11-12,19,22H,4,9-10H2,1-3H3/t19-/m0/s1. The van der Waals surface area contributed by atoms with Crippen molar-refractivity contribution < 1.29 is 14.2 Å². The molecule has 0 radical (unpaired) electrons. The van der Waals surface area contributed by atoms with E-state index >= 15 is 0 Å². The number of rotatable bonds is 5. The molecule has 0 bridgehead atoms. The highest BCUT2D eigenvalue weighted by molar-refractivity contribution is 5.70. The summed E-state index contributed by atoms with van der Waals surface area (Å²) in [5.74, 6) is 0.309. The Labute approximate surface area is 136 Å². The topological polar surface area (TPSA) is 29.5 Å². The smallest absolute Gasteiger partial charge is 0.131 e. The maximum absolute atomic E-state index is 14.4. The van der Waals surface area contributed by atoms with E-state index in [1.54, 1.807) is 19.2 Å². The summed E-state index contributed by atoms with van der Waals surface area (Å²) >= 11 is 0. The van der Waals surface area contributed by atoms with Gasteiger partial charge in [0.1, 0.15) is 11.6 Å². The van der Waals surface area contributed by atoms with Gasteiger partial charge in [0, 0.05) is 5.56 Å². The molecule has 23 heavy (non-hydrogen) atoms. The van der Waals surface area contributed by atoms with E-state index < -0.39 is 6.10 Å². The maximum Gasteiger partial charge on any atom is 0.131 e. The number of halogens is 1. The maximum atomic E-state index is 14.4. The van der Waals surface area contributed by atoms with Crippen LogP contribution >= 0.6 is 0 Å². The minimum absolute atomic E-state index is 0.0868. The highest BCUT2D eigenvalue weighted by Gasteiger charge is 2.45. The minimum Gasteiger partial charge on any atom is -0.497 e. The molecule has 0 aromatic heterocycles.